The summed E-state index contributed by atoms with van der Waals surface area (Å²) in [6.07, 6.45) is 0.293. The van der Waals surface area contributed by atoms with Crippen LogP contribution in [-0.2, 0) is 16.0 Å². The van der Waals surface area contributed by atoms with E-state index in [0.29, 0.717) is 5.56 Å². The molecule has 2 aromatic carbocycles. The second-order valence-corrected chi connectivity index (χ2v) is 10.3. The van der Waals surface area contributed by atoms with Crippen molar-refractivity contribution in [3.8, 4) is 16.9 Å². The molecular formula is C28H28N2O7. The summed E-state index contributed by atoms with van der Waals surface area (Å²) in [4.78, 5) is 40.7. The molecule has 2 aromatic rings. The molecular weight excluding hydrogens is 476 g/mol. The minimum absolute atomic E-state index is 0.000196. The van der Waals surface area contributed by atoms with Gasteiger partial charge in [0.25, 0.3) is 5.91 Å². The number of aromatic hydroxyl groups is 1. The summed E-state index contributed by atoms with van der Waals surface area (Å²) >= 11 is 0. The van der Waals surface area contributed by atoms with Crippen molar-refractivity contribution >= 4 is 17.5 Å². The van der Waals surface area contributed by atoms with Gasteiger partial charge in [-0.05, 0) is 62.5 Å². The maximum Gasteiger partial charge on any atom is 0.255 e. The average molecular weight is 505 g/mol. The van der Waals surface area contributed by atoms with Gasteiger partial charge in [0.1, 0.15) is 22.8 Å². The van der Waals surface area contributed by atoms with Gasteiger partial charge in [0, 0.05) is 11.5 Å². The monoisotopic (exact) mass is 504 g/mol. The zero-order valence-electron chi connectivity index (χ0n) is 20.6. The number of fused-ring (bicyclic) bond motifs is 3. The topological polar surface area (TPSA) is 161 Å². The van der Waals surface area contributed by atoms with Crippen molar-refractivity contribution in [1.29, 1.82) is 0 Å². The first-order valence-corrected chi connectivity index (χ1v) is 12.0. The number of phenols is 1. The minimum Gasteiger partial charge on any atom is -0.510 e. The van der Waals surface area contributed by atoms with Crippen LogP contribution in [-0.4, -0.2) is 68.5 Å². The molecule has 4 atom stereocenters. The van der Waals surface area contributed by atoms with E-state index in [1.165, 1.54) is 11.0 Å². The van der Waals surface area contributed by atoms with Gasteiger partial charge in [-0.1, -0.05) is 35.9 Å². The number of carbonyl (C=O) groups excluding carboxylic acids is 3. The van der Waals surface area contributed by atoms with Gasteiger partial charge in [0.2, 0.25) is 5.78 Å². The number of hydrogen-bond acceptors (Lipinski definition) is 8. The molecule has 0 spiro atoms. The second-order valence-electron chi connectivity index (χ2n) is 10.3. The lowest BCUT2D eigenvalue weighted by molar-refractivity contribution is -0.148. The molecule has 0 bridgehead atoms. The van der Waals surface area contributed by atoms with E-state index in [1.807, 2.05) is 31.2 Å². The number of nitrogens with two attached hydrogens (primary N) is 1. The lowest BCUT2D eigenvalue weighted by atomic mass is 9.58. The van der Waals surface area contributed by atoms with E-state index in [4.69, 9.17) is 5.73 Å². The van der Waals surface area contributed by atoms with Crippen molar-refractivity contribution in [2.75, 3.05) is 14.1 Å². The molecule has 5 rings (SSSR count). The highest BCUT2D eigenvalue weighted by Gasteiger charge is 2.63. The molecule has 6 N–H and O–H groups in total. The third-order valence-corrected chi connectivity index (χ3v) is 7.94. The Bertz CT molecular complexity index is 1450. The normalized spacial score (nSPS) is 27.2. The van der Waals surface area contributed by atoms with E-state index in [-0.39, 0.29) is 29.7 Å². The molecule has 0 fully saturated rings. The molecule has 37 heavy (non-hydrogen) atoms. The van der Waals surface area contributed by atoms with Crippen LogP contribution in [0, 0.1) is 18.8 Å². The molecule has 0 radical (unpaired) electrons. The van der Waals surface area contributed by atoms with Crippen molar-refractivity contribution in [2.24, 2.45) is 17.6 Å². The molecule has 0 aliphatic heterocycles. The van der Waals surface area contributed by atoms with Gasteiger partial charge in [-0.15, -0.1) is 0 Å². The molecule has 9 heteroatoms. The lowest BCUT2D eigenvalue weighted by Crippen LogP contribution is -2.63. The zero-order chi connectivity index (χ0) is 27.0. The third kappa shape index (κ3) is 3.34. The highest BCUT2D eigenvalue weighted by Crippen LogP contribution is 2.53. The number of amides is 1. The molecule has 192 valence electrons. The number of rotatable bonds is 3. The lowest BCUT2D eigenvalue weighted by Gasteiger charge is -2.50. The Morgan fingerprint density at radius 3 is 2.43 bits per heavy atom. The number of aliphatic hydroxyl groups is 3. The number of aryl methyl sites for hydroxylation is 1. The smallest absolute Gasteiger partial charge is 0.255 e. The minimum atomic E-state index is -2.64. The van der Waals surface area contributed by atoms with Gasteiger partial charge in [-0.2, -0.15) is 0 Å². The first-order valence-electron chi connectivity index (χ1n) is 12.0. The second kappa shape index (κ2) is 8.29. The maximum atomic E-state index is 13.8. The van der Waals surface area contributed by atoms with Crippen LogP contribution in [0.2, 0.25) is 0 Å². The number of likely N-dealkylation sites (N-methyl/N-ethyl adjacent to an activating group) is 1. The van der Waals surface area contributed by atoms with E-state index in [2.05, 4.69) is 0 Å². The molecule has 0 heterocycles. The number of nitrogens with zero attached hydrogens (tertiary/aromatic N) is 1. The van der Waals surface area contributed by atoms with Crippen LogP contribution in [0.4, 0.5) is 0 Å². The summed E-state index contributed by atoms with van der Waals surface area (Å²) in [6, 6.07) is 9.85. The first-order chi connectivity index (χ1) is 17.4. The van der Waals surface area contributed by atoms with Crippen molar-refractivity contribution in [3.63, 3.8) is 0 Å². The molecule has 3 aliphatic carbocycles. The van der Waals surface area contributed by atoms with Gasteiger partial charge in [-0.25, -0.2) is 0 Å². The fourth-order valence-corrected chi connectivity index (χ4v) is 6.33. The van der Waals surface area contributed by atoms with Gasteiger partial charge >= 0.3 is 0 Å². The Hall–Kier alpha value is -3.95. The summed E-state index contributed by atoms with van der Waals surface area (Å²) in [7, 11) is 3.20. The molecule has 0 saturated heterocycles. The standard InChI is InChI=1S/C28H28N2O7/c1-12-5-4-6-13(9-12)15-7-8-18(31)20-16(15)10-14-11-17-22(30(2)3)24(33)21(27(29)36)26(35)28(17,37)25(34)19(14)23(20)32/h4-9,14,17,22,31,33-34,37H,10-11H2,1-3H3,(H2,29,36). The van der Waals surface area contributed by atoms with E-state index in [0.717, 1.165) is 16.7 Å². The number of hydrogen-bond donors (Lipinski definition) is 5. The third-order valence-electron chi connectivity index (χ3n) is 7.94. The SMILES string of the molecule is Cc1cccc(-c2ccc(O)c3c2CC2CC4C(N(C)C)C(O)=C(C(N)=O)C(=O)C4(O)C(O)=C2C3=O)c1. The van der Waals surface area contributed by atoms with Crippen molar-refractivity contribution < 1.29 is 34.8 Å². The van der Waals surface area contributed by atoms with Crippen LogP contribution < -0.4 is 5.73 Å². The van der Waals surface area contributed by atoms with E-state index in [1.54, 1.807) is 20.2 Å². The highest BCUT2D eigenvalue weighted by molar-refractivity contribution is 6.24. The number of Topliss-reactive ketones (excluding diaryl/α,β-unsaturated/α-hetero) is 2. The Morgan fingerprint density at radius 1 is 1.11 bits per heavy atom. The van der Waals surface area contributed by atoms with Crippen LogP contribution in [0.5, 0.6) is 5.75 Å². The number of benzene rings is 2. The molecule has 4 unspecified atom stereocenters. The fraction of sp³-hybridized carbons (Fsp3) is 0.321. The van der Waals surface area contributed by atoms with Crippen LogP contribution in [0.25, 0.3) is 11.1 Å². The van der Waals surface area contributed by atoms with Crippen LogP contribution >= 0.6 is 0 Å². The highest BCUT2D eigenvalue weighted by atomic mass is 16.3. The predicted octanol–water partition coefficient (Wildman–Crippen LogP) is 2.10. The maximum absolute atomic E-state index is 13.8. The number of primary amides is 1. The van der Waals surface area contributed by atoms with Crippen molar-refractivity contribution in [2.45, 2.75) is 31.4 Å². The van der Waals surface area contributed by atoms with Crippen molar-refractivity contribution in [1.82, 2.24) is 4.90 Å². The molecule has 9 nitrogen and oxygen atoms in total. The Morgan fingerprint density at radius 2 is 1.81 bits per heavy atom. The average Bonchev–Trinajstić information content (AvgIpc) is 2.81. The number of allylic oxidation sites excluding steroid dienone is 1. The fourth-order valence-electron chi connectivity index (χ4n) is 6.33. The summed E-state index contributed by atoms with van der Waals surface area (Å²) < 4.78 is 0. The van der Waals surface area contributed by atoms with Crippen molar-refractivity contribution in [3.05, 3.63) is 75.8 Å². The largest absolute Gasteiger partial charge is 0.510 e. The Labute approximate surface area is 213 Å². The Balaban J connectivity index is 1.73. The molecule has 3 aliphatic rings. The predicted molar refractivity (Wildman–Crippen MR) is 134 cm³/mol. The first kappa shape index (κ1) is 24.7. The van der Waals surface area contributed by atoms with Gasteiger partial charge in [0.05, 0.1) is 11.6 Å². The zero-order valence-corrected chi connectivity index (χ0v) is 20.6. The number of ketones is 2. The van der Waals surface area contributed by atoms with Crippen LogP contribution in [0.15, 0.2) is 59.1 Å². The Kier molecular flexibility index (Phi) is 5.54. The quantitative estimate of drug-likeness (QED) is 0.397. The molecule has 0 saturated carbocycles. The van der Waals surface area contributed by atoms with E-state index in [9.17, 15) is 34.8 Å². The summed E-state index contributed by atoms with van der Waals surface area (Å²) in [6.45, 7) is 1.95. The summed E-state index contributed by atoms with van der Waals surface area (Å²) in [5.41, 5.74) is 4.96. The summed E-state index contributed by atoms with van der Waals surface area (Å²) in [5, 5.41) is 44.6. The number of carbonyl (C=O) groups is 3. The summed E-state index contributed by atoms with van der Waals surface area (Å²) in [5.74, 6) is -6.60. The van der Waals surface area contributed by atoms with Crippen LogP contribution in [0.1, 0.15) is 27.9 Å². The number of phenolic OH excluding ortho intramolecular Hbond substituents is 1. The van der Waals surface area contributed by atoms with Crippen LogP contribution in [0.3, 0.4) is 0 Å². The van der Waals surface area contributed by atoms with E-state index >= 15 is 0 Å². The number of aliphatic hydroxyl groups excluding tert-OH is 2. The van der Waals surface area contributed by atoms with Gasteiger partial charge < -0.3 is 26.2 Å². The van der Waals surface area contributed by atoms with E-state index < -0.39 is 58.0 Å². The molecule has 1 amide bonds. The van der Waals surface area contributed by atoms with Gasteiger partial charge in [-0.3, -0.25) is 19.3 Å². The molecule has 0 aromatic heterocycles. The van der Waals surface area contributed by atoms with Gasteiger partial charge in [0.15, 0.2) is 11.4 Å².